The van der Waals surface area contributed by atoms with Gasteiger partial charge in [0.1, 0.15) is 5.82 Å². The van der Waals surface area contributed by atoms with Gasteiger partial charge in [-0.15, -0.1) is 0 Å². The summed E-state index contributed by atoms with van der Waals surface area (Å²) in [6.07, 6.45) is 0. The molecule has 0 aromatic heterocycles. The van der Waals surface area contributed by atoms with Crippen LogP contribution in [0, 0.1) is 5.82 Å². The first-order valence-corrected chi connectivity index (χ1v) is 7.22. The highest BCUT2D eigenvalue weighted by Crippen LogP contribution is 2.30. The van der Waals surface area contributed by atoms with Crippen molar-refractivity contribution in [1.82, 2.24) is 5.32 Å². The molecule has 0 spiro atoms. The first-order valence-electron chi connectivity index (χ1n) is 6.05. The van der Waals surface area contributed by atoms with Crippen molar-refractivity contribution in [2.45, 2.75) is 13.0 Å². The fourth-order valence-corrected chi connectivity index (χ4v) is 2.91. The Kier molecular flexibility index (Phi) is 4.97. The first-order chi connectivity index (χ1) is 9.11. The van der Waals surface area contributed by atoms with Crippen molar-refractivity contribution in [3.8, 4) is 0 Å². The number of benzene rings is 2. The molecule has 2 aromatic rings. The summed E-state index contributed by atoms with van der Waals surface area (Å²) in [7, 11) is 0. The van der Waals surface area contributed by atoms with Crippen LogP contribution in [0.2, 0.25) is 5.02 Å². The van der Waals surface area contributed by atoms with Gasteiger partial charge < -0.3 is 5.32 Å². The average Bonchev–Trinajstić information content (AvgIpc) is 2.38. The lowest BCUT2D eigenvalue weighted by molar-refractivity contribution is 0.612. The molecule has 0 heterocycles. The van der Waals surface area contributed by atoms with Crippen LogP contribution in [-0.2, 0) is 0 Å². The maximum absolute atomic E-state index is 13.0. The molecule has 0 saturated carbocycles. The van der Waals surface area contributed by atoms with Gasteiger partial charge in [-0.2, -0.15) is 0 Å². The minimum atomic E-state index is -0.228. The summed E-state index contributed by atoms with van der Waals surface area (Å²) in [5, 5.41) is 4.08. The number of hydrogen-bond donors (Lipinski definition) is 1. The molecule has 4 heteroatoms. The van der Waals surface area contributed by atoms with Crippen molar-refractivity contribution in [3.05, 3.63) is 68.9 Å². The molecule has 1 N–H and O–H groups in total. The van der Waals surface area contributed by atoms with E-state index in [1.54, 1.807) is 12.1 Å². The molecule has 0 saturated heterocycles. The molecule has 2 rings (SSSR count). The molecule has 2 aromatic carbocycles. The van der Waals surface area contributed by atoms with Crippen molar-refractivity contribution >= 4 is 27.5 Å². The maximum Gasteiger partial charge on any atom is 0.123 e. The Bertz CT molecular complexity index is 557. The van der Waals surface area contributed by atoms with E-state index in [0.717, 1.165) is 22.1 Å². The zero-order valence-electron chi connectivity index (χ0n) is 10.5. The van der Waals surface area contributed by atoms with Crippen LogP contribution >= 0.6 is 27.5 Å². The van der Waals surface area contributed by atoms with Crippen molar-refractivity contribution in [2.75, 3.05) is 6.54 Å². The van der Waals surface area contributed by atoms with E-state index in [9.17, 15) is 4.39 Å². The normalized spacial score (nSPS) is 12.4. The van der Waals surface area contributed by atoms with Gasteiger partial charge in [-0.1, -0.05) is 52.7 Å². The van der Waals surface area contributed by atoms with Gasteiger partial charge in [0.2, 0.25) is 0 Å². The lowest BCUT2D eigenvalue weighted by Gasteiger charge is -2.20. The van der Waals surface area contributed by atoms with Crippen LogP contribution in [-0.4, -0.2) is 6.54 Å². The van der Waals surface area contributed by atoms with Crippen molar-refractivity contribution in [2.24, 2.45) is 0 Å². The summed E-state index contributed by atoms with van der Waals surface area (Å²) in [5.74, 6) is -0.228. The van der Waals surface area contributed by atoms with Gasteiger partial charge in [-0.25, -0.2) is 4.39 Å². The molecule has 1 atom stereocenters. The quantitative estimate of drug-likeness (QED) is 0.830. The number of hydrogen-bond acceptors (Lipinski definition) is 1. The summed E-state index contributed by atoms with van der Waals surface area (Å²) in [5.41, 5.74) is 2.10. The molecule has 1 nitrogen and oxygen atoms in total. The van der Waals surface area contributed by atoms with Crippen LogP contribution in [0.15, 0.2) is 46.9 Å². The molecule has 100 valence electrons. The Balaban J connectivity index is 2.41. The van der Waals surface area contributed by atoms with Gasteiger partial charge in [0.05, 0.1) is 6.04 Å². The summed E-state index contributed by atoms with van der Waals surface area (Å²) in [6, 6.07) is 12.3. The highest BCUT2D eigenvalue weighted by molar-refractivity contribution is 9.10. The monoisotopic (exact) mass is 341 g/mol. The Morgan fingerprint density at radius 3 is 2.47 bits per heavy atom. The molecule has 1 unspecified atom stereocenters. The van der Waals surface area contributed by atoms with Crippen LogP contribution in [0.3, 0.4) is 0 Å². The fourth-order valence-electron chi connectivity index (χ4n) is 2.00. The minimum absolute atomic E-state index is 0.0113. The van der Waals surface area contributed by atoms with Crippen LogP contribution in [0.4, 0.5) is 4.39 Å². The summed E-state index contributed by atoms with van der Waals surface area (Å²) in [4.78, 5) is 0. The second-order valence-corrected chi connectivity index (χ2v) is 5.50. The SMILES string of the molecule is CCNC(c1ccc(F)cc1)c1ccc(Cl)cc1Br. The molecule has 0 aliphatic heterocycles. The predicted molar refractivity (Wildman–Crippen MR) is 81.1 cm³/mol. The second kappa shape index (κ2) is 6.51. The first kappa shape index (κ1) is 14.5. The molecule has 0 aliphatic rings. The van der Waals surface area contributed by atoms with Crippen molar-refractivity contribution in [3.63, 3.8) is 0 Å². The van der Waals surface area contributed by atoms with E-state index in [1.807, 2.05) is 25.1 Å². The number of rotatable bonds is 4. The number of halogens is 3. The molecule has 0 bridgehead atoms. The third-order valence-corrected chi connectivity index (χ3v) is 3.81. The molecular formula is C15H14BrClFN. The van der Waals surface area contributed by atoms with Crippen LogP contribution in [0.1, 0.15) is 24.1 Å². The minimum Gasteiger partial charge on any atom is -0.306 e. The second-order valence-electron chi connectivity index (χ2n) is 4.21. The van der Waals surface area contributed by atoms with Gasteiger partial charge in [-0.05, 0) is 41.9 Å². The molecule has 0 aliphatic carbocycles. The average molecular weight is 343 g/mol. The van der Waals surface area contributed by atoms with Gasteiger partial charge in [0, 0.05) is 9.50 Å². The Hall–Kier alpha value is -0.900. The Morgan fingerprint density at radius 1 is 1.21 bits per heavy atom. The zero-order valence-corrected chi connectivity index (χ0v) is 12.8. The Labute approximate surface area is 125 Å². The fraction of sp³-hybridized carbons (Fsp3) is 0.200. The summed E-state index contributed by atoms with van der Waals surface area (Å²) < 4.78 is 14.0. The largest absolute Gasteiger partial charge is 0.306 e. The van der Waals surface area contributed by atoms with Gasteiger partial charge in [0.15, 0.2) is 0 Å². The van der Waals surface area contributed by atoms with E-state index in [2.05, 4.69) is 21.2 Å². The number of nitrogens with one attached hydrogen (secondary N) is 1. The summed E-state index contributed by atoms with van der Waals surface area (Å²) >= 11 is 9.50. The standard InChI is InChI=1S/C15H14BrClFN/c1-2-19-15(10-3-6-12(18)7-4-10)13-8-5-11(17)9-14(13)16/h3-9,15,19H,2H2,1H3. The molecule has 19 heavy (non-hydrogen) atoms. The molecule has 0 amide bonds. The molecule has 0 radical (unpaired) electrons. The summed E-state index contributed by atoms with van der Waals surface area (Å²) in [6.45, 7) is 2.86. The zero-order chi connectivity index (χ0) is 13.8. The lowest BCUT2D eigenvalue weighted by Crippen LogP contribution is -2.22. The van der Waals surface area contributed by atoms with Gasteiger partial charge >= 0.3 is 0 Å². The lowest BCUT2D eigenvalue weighted by atomic mass is 9.98. The highest BCUT2D eigenvalue weighted by atomic mass is 79.9. The third kappa shape index (κ3) is 3.56. The topological polar surface area (TPSA) is 12.0 Å². The van der Waals surface area contributed by atoms with Gasteiger partial charge in [-0.3, -0.25) is 0 Å². The molecule has 0 fully saturated rings. The highest BCUT2D eigenvalue weighted by Gasteiger charge is 2.16. The van der Waals surface area contributed by atoms with E-state index in [1.165, 1.54) is 12.1 Å². The van der Waals surface area contributed by atoms with Crippen LogP contribution in [0.25, 0.3) is 0 Å². The van der Waals surface area contributed by atoms with E-state index < -0.39 is 0 Å². The van der Waals surface area contributed by atoms with Crippen molar-refractivity contribution < 1.29 is 4.39 Å². The van der Waals surface area contributed by atoms with E-state index >= 15 is 0 Å². The van der Waals surface area contributed by atoms with Gasteiger partial charge in [0.25, 0.3) is 0 Å². The molecular weight excluding hydrogens is 329 g/mol. The van der Waals surface area contributed by atoms with E-state index in [0.29, 0.717) is 5.02 Å². The Morgan fingerprint density at radius 2 is 1.89 bits per heavy atom. The smallest absolute Gasteiger partial charge is 0.123 e. The predicted octanol–water partition coefficient (Wildman–Crippen LogP) is 4.94. The van der Waals surface area contributed by atoms with E-state index in [4.69, 9.17) is 11.6 Å². The van der Waals surface area contributed by atoms with Crippen LogP contribution in [0.5, 0.6) is 0 Å². The maximum atomic E-state index is 13.0. The van der Waals surface area contributed by atoms with E-state index in [-0.39, 0.29) is 11.9 Å². The third-order valence-electron chi connectivity index (χ3n) is 2.89. The van der Waals surface area contributed by atoms with Crippen LogP contribution < -0.4 is 5.32 Å². The van der Waals surface area contributed by atoms with Crippen molar-refractivity contribution in [1.29, 1.82) is 0 Å².